The van der Waals surface area contributed by atoms with Gasteiger partial charge in [-0.2, -0.15) is 0 Å². The van der Waals surface area contributed by atoms with Gasteiger partial charge in [-0.05, 0) is 62.1 Å². The number of para-hydroxylation sites is 1. The number of nitrogens with zero attached hydrogens (tertiary/aromatic N) is 1. The van der Waals surface area contributed by atoms with Crippen LogP contribution in [-0.4, -0.2) is 26.2 Å². The number of nitrogens with one attached hydrogen (secondary N) is 1. The van der Waals surface area contributed by atoms with Crippen LogP contribution in [0.2, 0.25) is 0 Å². The Kier molecular flexibility index (Phi) is 5.29. The maximum absolute atomic E-state index is 3.50. The monoisotopic (exact) mass is 354 g/mol. The molecule has 2 atom stereocenters. The van der Waals surface area contributed by atoms with E-state index in [-0.39, 0.29) is 7.92 Å². The van der Waals surface area contributed by atoms with Gasteiger partial charge in [0.2, 0.25) is 0 Å². The van der Waals surface area contributed by atoms with E-state index >= 15 is 0 Å². The number of anilines is 1. The van der Waals surface area contributed by atoms with Crippen LogP contribution in [0.15, 0.2) is 47.0 Å². The number of hydrogen-bond acceptors (Lipinski definition) is 2. The minimum absolute atomic E-state index is 0.297. The van der Waals surface area contributed by atoms with Crippen molar-refractivity contribution in [3.63, 3.8) is 0 Å². The Bertz CT molecular complexity index is 644. The highest BCUT2D eigenvalue weighted by Gasteiger charge is 2.30. The molecule has 0 bridgehead atoms. The molecule has 3 aliphatic rings. The Morgan fingerprint density at radius 3 is 2.08 bits per heavy atom. The zero-order valence-electron chi connectivity index (χ0n) is 15.7. The standard InChI is InChI=1S/C22H31N2P/c1-17-7-9-19(15-17)25(20-10-8-18(2)16-20)22-6-4-3-5-21(22)24-13-11-23-12-14-24/h3-6,9-10,17-18,23H,7-8,11-16H2,1-2H3. The number of allylic oxidation sites excluding steroid dienone is 4. The third-order valence-electron chi connectivity index (χ3n) is 5.78. The summed E-state index contributed by atoms with van der Waals surface area (Å²) in [6, 6.07) is 9.28. The molecule has 1 fully saturated rings. The molecule has 134 valence electrons. The first-order valence-corrected chi connectivity index (χ1v) is 11.3. The third kappa shape index (κ3) is 3.71. The fraction of sp³-hybridized carbons (Fsp3) is 0.545. The van der Waals surface area contributed by atoms with Gasteiger partial charge in [0.25, 0.3) is 0 Å². The number of benzene rings is 1. The van der Waals surface area contributed by atoms with E-state index in [1.165, 1.54) is 31.4 Å². The minimum atomic E-state index is -0.297. The van der Waals surface area contributed by atoms with Gasteiger partial charge in [-0.25, -0.2) is 0 Å². The highest BCUT2D eigenvalue weighted by atomic mass is 31.1. The maximum atomic E-state index is 3.50. The van der Waals surface area contributed by atoms with E-state index in [0.29, 0.717) is 0 Å². The fourth-order valence-corrected chi connectivity index (χ4v) is 7.64. The highest BCUT2D eigenvalue weighted by Crippen LogP contribution is 2.60. The highest BCUT2D eigenvalue weighted by molar-refractivity contribution is 7.74. The first kappa shape index (κ1) is 17.3. The second kappa shape index (κ2) is 7.64. The van der Waals surface area contributed by atoms with E-state index in [2.05, 4.69) is 60.5 Å². The van der Waals surface area contributed by atoms with Crippen LogP contribution in [0.1, 0.15) is 39.5 Å². The predicted octanol–water partition coefficient (Wildman–Crippen LogP) is 4.83. The molecule has 1 saturated heterocycles. The summed E-state index contributed by atoms with van der Waals surface area (Å²) in [5.74, 6) is 1.65. The van der Waals surface area contributed by atoms with Crippen molar-refractivity contribution in [2.24, 2.45) is 11.8 Å². The van der Waals surface area contributed by atoms with Crippen LogP contribution in [0.3, 0.4) is 0 Å². The molecule has 0 radical (unpaired) electrons. The van der Waals surface area contributed by atoms with Crippen LogP contribution in [0.5, 0.6) is 0 Å². The van der Waals surface area contributed by atoms with E-state index in [4.69, 9.17) is 0 Å². The Morgan fingerprint density at radius 1 is 0.920 bits per heavy atom. The summed E-state index contributed by atoms with van der Waals surface area (Å²) in [6.07, 6.45) is 10.3. The average Bonchev–Trinajstić information content (AvgIpc) is 3.25. The van der Waals surface area contributed by atoms with Gasteiger partial charge in [0, 0.05) is 37.2 Å². The zero-order chi connectivity index (χ0) is 17.2. The van der Waals surface area contributed by atoms with Gasteiger partial charge >= 0.3 is 0 Å². The topological polar surface area (TPSA) is 15.3 Å². The molecule has 1 heterocycles. The Morgan fingerprint density at radius 2 is 1.52 bits per heavy atom. The van der Waals surface area contributed by atoms with Crippen LogP contribution >= 0.6 is 7.92 Å². The fourth-order valence-electron chi connectivity index (χ4n) is 4.41. The van der Waals surface area contributed by atoms with E-state index < -0.39 is 0 Å². The van der Waals surface area contributed by atoms with Crippen molar-refractivity contribution < 1.29 is 0 Å². The molecule has 1 aromatic carbocycles. The van der Waals surface area contributed by atoms with Crippen molar-refractivity contribution in [3.8, 4) is 0 Å². The third-order valence-corrected chi connectivity index (χ3v) is 8.52. The quantitative estimate of drug-likeness (QED) is 0.779. The van der Waals surface area contributed by atoms with E-state index in [0.717, 1.165) is 38.0 Å². The van der Waals surface area contributed by atoms with E-state index in [9.17, 15) is 0 Å². The summed E-state index contributed by atoms with van der Waals surface area (Å²) in [7, 11) is -0.297. The Labute approximate surface area is 154 Å². The Balaban J connectivity index is 1.72. The summed E-state index contributed by atoms with van der Waals surface area (Å²) in [5, 5.41) is 8.59. The normalized spacial score (nSPS) is 28.0. The molecule has 1 N–H and O–H groups in total. The summed E-state index contributed by atoms with van der Waals surface area (Å²) in [5.41, 5.74) is 1.50. The van der Waals surface area contributed by atoms with Gasteiger partial charge in [0.1, 0.15) is 0 Å². The lowest BCUT2D eigenvalue weighted by molar-refractivity contribution is 0.590. The van der Waals surface area contributed by atoms with Crippen molar-refractivity contribution in [2.45, 2.75) is 39.5 Å². The molecule has 2 aliphatic carbocycles. The molecular formula is C22H31N2P. The Hall–Kier alpha value is -1.11. The van der Waals surface area contributed by atoms with Crippen molar-refractivity contribution in [2.75, 3.05) is 31.1 Å². The molecule has 2 unspecified atom stereocenters. The number of rotatable bonds is 4. The maximum Gasteiger partial charge on any atom is 0.0451 e. The molecule has 0 spiro atoms. The molecular weight excluding hydrogens is 323 g/mol. The first-order chi connectivity index (χ1) is 12.2. The van der Waals surface area contributed by atoms with E-state index in [1.807, 2.05) is 0 Å². The second-order valence-corrected chi connectivity index (χ2v) is 10.3. The molecule has 1 aromatic rings. The number of hydrogen-bond donors (Lipinski definition) is 1. The summed E-state index contributed by atoms with van der Waals surface area (Å²) < 4.78 is 0. The molecule has 2 nitrogen and oxygen atoms in total. The van der Waals surface area contributed by atoms with Crippen molar-refractivity contribution in [1.82, 2.24) is 5.32 Å². The van der Waals surface area contributed by atoms with Crippen LogP contribution < -0.4 is 15.5 Å². The van der Waals surface area contributed by atoms with Gasteiger partial charge in [-0.3, -0.25) is 0 Å². The van der Waals surface area contributed by atoms with Gasteiger partial charge in [0.15, 0.2) is 0 Å². The minimum Gasteiger partial charge on any atom is -0.368 e. The molecule has 25 heavy (non-hydrogen) atoms. The van der Waals surface area contributed by atoms with Crippen molar-refractivity contribution >= 4 is 18.9 Å². The van der Waals surface area contributed by atoms with Crippen LogP contribution in [-0.2, 0) is 0 Å². The zero-order valence-corrected chi connectivity index (χ0v) is 16.6. The first-order valence-electron chi connectivity index (χ1n) is 9.95. The summed E-state index contributed by atoms with van der Waals surface area (Å²) in [4.78, 5) is 2.61. The number of piperazine rings is 1. The largest absolute Gasteiger partial charge is 0.368 e. The lowest BCUT2D eigenvalue weighted by Gasteiger charge is -2.34. The van der Waals surface area contributed by atoms with Crippen molar-refractivity contribution in [1.29, 1.82) is 0 Å². The molecule has 4 rings (SSSR count). The van der Waals surface area contributed by atoms with E-state index in [1.54, 1.807) is 15.9 Å². The van der Waals surface area contributed by atoms with Gasteiger partial charge in [0.05, 0.1) is 0 Å². The summed E-state index contributed by atoms with van der Waals surface area (Å²) in [6.45, 7) is 9.28. The molecule has 0 amide bonds. The van der Waals surface area contributed by atoms with Gasteiger partial charge in [-0.15, -0.1) is 0 Å². The average molecular weight is 354 g/mol. The summed E-state index contributed by atoms with van der Waals surface area (Å²) >= 11 is 0. The van der Waals surface area contributed by atoms with Crippen molar-refractivity contribution in [3.05, 3.63) is 47.0 Å². The van der Waals surface area contributed by atoms with Crippen LogP contribution in [0.4, 0.5) is 5.69 Å². The molecule has 0 saturated carbocycles. The lowest BCUT2D eigenvalue weighted by Crippen LogP contribution is -2.44. The molecule has 3 heteroatoms. The predicted molar refractivity (Wildman–Crippen MR) is 111 cm³/mol. The molecule has 1 aliphatic heterocycles. The van der Waals surface area contributed by atoms with Gasteiger partial charge < -0.3 is 10.2 Å². The smallest absolute Gasteiger partial charge is 0.0451 e. The van der Waals surface area contributed by atoms with Gasteiger partial charge in [-0.1, -0.05) is 44.2 Å². The molecule has 0 aromatic heterocycles. The van der Waals surface area contributed by atoms with Crippen LogP contribution in [0, 0.1) is 11.8 Å². The second-order valence-electron chi connectivity index (χ2n) is 8.04. The SMILES string of the molecule is CC1CC=C(P(C2=CCC(C)C2)c2ccccc2N2CCNCC2)C1. The lowest BCUT2D eigenvalue weighted by atomic mass is 10.1. The van der Waals surface area contributed by atoms with Crippen LogP contribution in [0.25, 0.3) is 0 Å².